The van der Waals surface area contributed by atoms with Gasteiger partial charge in [0.05, 0.1) is 17.8 Å². The smallest absolute Gasteiger partial charge is 0.253 e. The Morgan fingerprint density at radius 1 is 1.52 bits per heavy atom. The molecule has 0 spiro atoms. The molecule has 1 aromatic heterocycles. The third-order valence-corrected chi connectivity index (χ3v) is 3.09. The lowest BCUT2D eigenvalue weighted by Crippen LogP contribution is -2.27. The van der Waals surface area contributed by atoms with Gasteiger partial charge in [-0.25, -0.2) is 0 Å². The van der Waals surface area contributed by atoms with E-state index in [1.165, 1.54) is 0 Å². The molecule has 1 unspecified atom stereocenters. The van der Waals surface area contributed by atoms with Gasteiger partial charge in [-0.3, -0.25) is 9.89 Å². The van der Waals surface area contributed by atoms with E-state index in [0.29, 0.717) is 11.1 Å². The van der Waals surface area contributed by atoms with Gasteiger partial charge in [-0.05, 0) is 26.0 Å². The lowest BCUT2D eigenvalue weighted by Gasteiger charge is -2.13. The molecule has 2 rings (SSSR count). The van der Waals surface area contributed by atoms with Gasteiger partial charge in [0, 0.05) is 17.3 Å². The average molecular weight is 283 g/mol. The third kappa shape index (κ3) is 3.71. The Hall–Kier alpha value is -2.58. The Labute approximate surface area is 123 Å². The molecule has 0 aliphatic carbocycles. The predicted molar refractivity (Wildman–Crippen MR) is 79.6 cm³/mol. The van der Waals surface area contributed by atoms with Crippen molar-refractivity contribution in [2.45, 2.75) is 19.9 Å². The summed E-state index contributed by atoms with van der Waals surface area (Å²) < 4.78 is 0. The van der Waals surface area contributed by atoms with Gasteiger partial charge < -0.3 is 10.4 Å². The largest absolute Gasteiger partial charge is 0.384 e. The number of carbonyl (C=O) groups excluding carboxylic acids is 1. The molecular formula is C16H17N3O2. The van der Waals surface area contributed by atoms with Crippen LogP contribution in [0, 0.1) is 18.8 Å². The third-order valence-electron chi connectivity index (χ3n) is 3.09. The Balaban J connectivity index is 2.24. The molecule has 0 aliphatic heterocycles. The average Bonchev–Trinajstić information content (AvgIpc) is 3.00. The fourth-order valence-corrected chi connectivity index (χ4v) is 1.95. The van der Waals surface area contributed by atoms with Crippen LogP contribution in [0.4, 0.5) is 0 Å². The van der Waals surface area contributed by atoms with Crippen LogP contribution >= 0.6 is 0 Å². The van der Waals surface area contributed by atoms with E-state index >= 15 is 0 Å². The van der Waals surface area contributed by atoms with E-state index in [1.54, 1.807) is 24.5 Å². The fourth-order valence-electron chi connectivity index (χ4n) is 1.95. The van der Waals surface area contributed by atoms with E-state index in [-0.39, 0.29) is 18.6 Å². The first kappa shape index (κ1) is 14.8. The minimum Gasteiger partial charge on any atom is -0.384 e. The van der Waals surface area contributed by atoms with Crippen molar-refractivity contribution in [3.05, 3.63) is 52.8 Å². The molecule has 0 fully saturated rings. The molecule has 0 saturated heterocycles. The second-order valence-electron chi connectivity index (χ2n) is 4.74. The number of carbonyl (C=O) groups is 1. The van der Waals surface area contributed by atoms with E-state index in [4.69, 9.17) is 5.11 Å². The molecule has 5 heteroatoms. The molecule has 1 aromatic carbocycles. The van der Waals surface area contributed by atoms with Gasteiger partial charge in [0.25, 0.3) is 5.91 Å². The van der Waals surface area contributed by atoms with Gasteiger partial charge in [0.15, 0.2) is 0 Å². The normalized spacial score (nSPS) is 11.4. The Morgan fingerprint density at radius 2 is 2.33 bits per heavy atom. The number of aromatic amines is 1. The number of aliphatic hydroxyl groups is 1. The van der Waals surface area contributed by atoms with Crippen LogP contribution in [0.1, 0.15) is 40.0 Å². The highest BCUT2D eigenvalue weighted by molar-refractivity contribution is 5.97. The number of amides is 1. The van der Waals surface area contributed by atoms with Gasteiger partial charge in [0.2, 0.25) is 0 Å². The number of nitrogens with zero attached hydrogens (tertiary/aromatic N) is 1. The van der Waals surface area contributed by atoms with E-state index in [9.17, 15) is 4.79 Å². The van der Waals surface area contributed by atoms with Crippen molar-refractivity contribution < 1.29 is 9.90 Å². The number of aliphatic hydroxyl groups excluding tert-OH is 1. The minimum atomic E-state index is -0.236. The number of aryl methyl sites for hydroxylation is 1. The standard InChI is InChI=1S/C16H17N3O2/c1-11-5-6-13(4-3-7-20)15(8-11)16(21)19-12(2)14-9-17-18-10-14/h5-6,8-10,12,20H,7H2,1-2H3,(H,17,18)(H,19,21). The topological polar surface area (TPSA) is 78.0 Å². The van der Waals surface area contributed by atoms with E-state index < -0.39 is 0 Å². The summed E-state index contributed by atoms with van der Waals surface area (Å²) in [7, 11) is 0. The number of hydrogen-bond donors (Lipinski definition) is 3. The highest BCUT2D eigenvalue weighted by Gasteiger charge is 2.15. The zero-order valence-electron chi connectivity index (χ0n) is 12.0. The molecule has 108 valence electrons. The highest BCUT2D eigenvalue weighted by atomic mass is 16.2. The molecule has 3 N–H and O–H groups in total. The Kier molecular flexibility index (Phi) is 4.75. The van der Waals surface area contributed by atoms with Gasteiger partial charge >= 0.3 is 0 Å². The second kappa shape index (κ2) is 6.73. The van der Waals surface area contributed by atoms with Gasteiger partial charge in [-0.15, -0.1) is 0 Å². The van der Waals surface area contributed by atoms with Crippen LogP contribution in [0.2, 0.25) is 0 Å². The lowest BCUT2D eigenvalue weighted by atomic mass is 10.0. The monoisotopic (exact) mass is 283 g/mol. The summed E-state index contributed by atoms with van der Waals surface area (Å²) >= 11 is 0. The molecular weight excluding hydrogens is 266 g/mol. The first-order valence-electron chi connectivity index (χ1n) is 6.61. The van der Waals surface area contributed by atoms with Gasteiger partial charge in [-0.2, -0.15) is 5.10 Å². The number of rotatable bonds is 3. The van der Waals surface area contributed by atoms with Crippen molar-refractivity contribution in [1.82, 2.24) is 15.5 Å². The number of aromatic nitrogens is 2. The van der Waals surface area contributed by atoms with Crippen molar-refractivity contribution in [2.24, 2.45) is 0 Å². The van der Waals surface area contributed by atoms with Gasteiger partial charge in [-0.1, -0.05) is 23.5 Å². The van der Waals surface area contributed by atoms with E-state index in [2.05, 4.69) is 27.4 Å². The summed E-state index contributed by atoms with van der Waals surface area (Å²) in [6, 6.07) is 5.31. The molecule has 0 bridgehead atoms. The molecule has 2 aromatic rings. The first-order valence-corrected chi connectivity index (χ1v) is 6.61. The molecule has 0 aliphatic rings. The number of benzene rings is 1. The van der Waals surface area contributed by atoms with Crippen LogP contribution in [-0.4, -0.2) is 27.8 Å². The second-order valence-corrected chi connectivity index (χ2v) is 4.74. The summed E-state index contributed by atoms with van der Waals surface area (Å²) in [6.45, 7) is 3.57. The van der Waals surface area contributed by atoms with Crippen LogP contribution < -0.4 is 5.32 Å². The molecule has 0 radical (unpaired) electrons. The summed E-state index contributed by atoms with van der Waals surface area (Å²) in [5, 5.41) is 18.3. The van der Waals surface area contributed by atoms with Crippen LogP contribution in [-0.2, 0) is 0 Å². The fraction of sp³-hybridized carbons (Fsp3) is 0.250. The molecule has 21 heavy (non-hydrogen) atoms. The maximum absolute atomic E-state index is 12.4. The van der Waals surface area contributed by atoms with Crippen molar-refractivity contribution in [3.63, 3.8) is 0 Å². The van der Waals surface area contributed by atoms with E-state index in [0.717, 1.165) is 11.1 Å². The lowest BCUT2D eigenvalue weighted by molar-refractivity contribution is 0.0939. The summed E-state index contributed by atoms with van der Waals surface area (Å²) in [4.78, 5) is 12.4. The molecule has 1 amide bonds. The van der Waals surface area contributed by atoms with Crippen molar-refractivity contribution >= 4 is 5.91 Å². The molecule has 1 atom stereocenters. The van der Waals surface area contributed by atoms with Crippen LogP contribution in [0.3, 0.4) is 0 Å². The predicted octanol–water partition coefficient (Wildman–Crippen LogP) is 1.55. The van der Waals surface area contributed by atoms with Crippen molar-refractivity contribution in [1.29, 1.82) is 0 Å². The summed E-state index contributed by atoms with van der Waals surface area (Å²) in [5.41, 5.74) is 2.99. The highest BCUT2D eigenvalue weighted by Crippen LogP contribution is 2.14. The maximum Gasteiger partial charge on any atom is 0.253 e. The first-order chi connectivity index (χ1) is 10.1. The number of nitrogens with one attached hydrogen (secondary N) is 2. The Morgan fingerprint density at radius 3 is 3.00 bits per heavy atom. The number of hydrogen-bond acceptors (Lipinski definition) is 3. The van der Waals surface area contributed by atoms with Crippen LogP contribution in [0.5, 0.6) is 0 Å². The SMILES string of the molecule is Cc1ccc(C#CCO)c(C(=O)NC(C)c2cn[nH]c2)c1. The maximum atomic E-state index is 12.4. The zero-order chi connectivity index (χ0) is 15.2. The van der Waals surface area contributed by atoms with Crippen LogP contribution in [0.15, 0.2) is 30.6 Å². The zero-order valence-corrected chi connectivity index (χ0v) is 12.0. The molecule has 1 heterocycles. The Bertz CT molecular complexity index is 681. The summed E-state index contributed by atoms with van der Waals surface area (Å²) in [6.07, 6.45) is 3.42. The van der Waals surface area contributed by atoms with Gasteiger partial charge in [0.1, 0.15) is 6.61 Å². The number of H-pyrrole nitrogens is 1. The van der Waals surface area contributed by atoms with E-state index in [1.807, 2.05) is 19.9 Å². The molecule has 5 nitrogen and oxygen atoms in total. The minimum absolute atomic E-state index is 0.157. The molecule has 0 saturated carbocycles. The van der Waals surface area contributed by atoms with Crippen molar-refractivity contribution in [2.75, 3.05) is 6.61 Å². The quantitative estimate of drug-likeness (QED) is 0.748. The van der Waals surface area contributed by atoms with Crippen LogP contribution in [0.25, 0.3) is 0 Å². The van der Waals surface area contributed by atoms with Crippen molar-refractivity contribution in [3.8, 4) is 11.8 Å². The summed E-state index contributed by atoms with van der Waals surface area (Å²) in [5.74, 6) is 5.17.